The molecule has 0 spiro atoms. The molecule has 0 atom stereocenters. The topological polar surface area (TPSA) is 96.9 Å². The fourth-order valence-corrected chi connectivity index (χ4v) is 5.49. The Morgan fingerprint density at radius 2 is 1.67 bits per heavy atom. The Morgan fingerprint density at radius 1 is 0.953 bits per heavy atom. The summed E-state index contributed by atoms with van der Waals surface area (Å²) in [6.07, 6.45) is 0.828. The highest BCUT2D eigenvalue weighted by molar-refractivity contribution is 6.33. The molecule has 1 aliphatic rings. The molecule has 6 rings (SSSR count). The summed E-state index contributed by atoms with van der Waals surface area (Å²) >= 11 is 12.8. The number of hydrogen-bond donors (Lipinski definition) is 1. The van der Waals surface area contributed by atoms with Gasteiger partial charge in [0, 0.05) is 70.9 Å². The molecule has 0 unspecified atom stereocenters. The summed E-state index contributed by atoms with van der Waals surface area (Å²) in [6.45, 7) is 0.757. The van der Waals surface area contributed by atoms with Crippen LogP contribution in [0.15, 0.2) is 72.8 Å². The number of tetrazole rings is 1. The minimum Gasteiger partial charge on any atom is -0.490 e. The van der Waals surface area contributed by atoms with Gasteiger partial charge in [-0.05, 0) is 24.3 Å². The van der Waals surface area contributed by atoms with Crippen molar-refractivity contribution in [3.05, 3.63) is 112 Å². The number of H-pyrrole nitrogens is 1. The second kappa shape index (κ2) is 12.4. The fraction of sp³-hybridized carbons (Fsp3) is 0.194. The molecule has 0 bridgehead atoms. The second-order valence-electron chi connectivity index (χ2n) is 10.1. The Kier molecular flexibility index (Phi) is 8.31. The average molecular weight is 621 g/mol. The molecule has 1 fully saturated rings. The Hall–Kier alpha value is -4.41. The maximum Gasteiger partial charge on any atom is 0.255 e. The van der Waals surface area contributed by atoms with Gasteiger partial charge in [-0.2, -0.15) is 5.21 Å². The van der Waals surface area contributed by atoms with Gasteiger partial charge in [-0.15, -0.1) is 10.2 Å². The van der Waals surface area contributed by atoms with E-state index in [4.69, 9.17) is 32.9 Å². The zero-order valence-corrected chi connectivity index (χ0v) is 24.1. The van der Waals surface area contributed by atoms with Gasteiger partial charge in [-0.3, -0.25) is 9.78 Å². The van der Waals surface area contributed by atoms with Crippen LogP contribution in [0.5, 0.6) is 5.75 Å². The molecule has 0 saturated carbocycles. The summed E-state index contributed by atoms with van der Waals surface area (Å²) in [4.78, 5) is 20.8. The summed E-state index contributed by atoms with van der Waals surface area (Å²) in [7, 11) is 0. The molecule has 1 aliphatic heterocycles. The standard InChI is InChI=1S/C31H24Cl2F2N6O2/c32-19-7-5-18(6-8-19)30-25(24-3-1-2-4-27(24)33)16-26(28(36-30)17-29-37-39-40-38-29)31(42)41-11-9-22(10-12-41)43-23-14-20(34)13-21(35)15-23/h1-8,13-16,22H,9-12,17H2,(H,37,38,39,40). The van der Waals surface area contributed by atoms with Crippen LogP contribution in [0.25, 0.3) is 22.4 Å². The highest BCUT2D eigenvalue weighted by atomic mass is 35.5. The molecule has 8 nitrogen and oxygen atoms in total. The smallest absolute Gasteiger partial charge is 0.255 e. The summed E-state index contributed by atoms with van der Waals surface area (Å²) in [5.74, 6) is -1.14. The number of likely N-dealkylation sites (tertiary alicyclic amines) is 1. The average Bonchev–Trinajstić information content (AvgIpc) is 3.51. The molecule has 43 heavy (non-hydrogen) atoms. The van der Waals surface area contributed by atoms with E-state index in [1.54, 1.807) is 23.1 Å². The molecule has 3 heterocycles. The molecule has 1 N–H and O–H groups in total. The van der Waals surface area contributed by atoms with Crippen molar-refractivity contribution in [3.63, 3.8) is 0 Å². The molecule has 0 radical (unpaired) electrons. The molecule has 1 saturated heterocycles. The maximum atomic E-state index is 14.1. The molecule has 12 heteroatoms. The molecule has 2 aromatic heterocycles. The molecule has 3 aromatic carbocycles. The minimum atomic E-state index is -0.708. The number of aromatic amines is 1. The van der Waals surface area contributed by atoms with Crippen molar-refractivity contribution >= 4 is 29.1 Å². The number of aromatic nitrogens is 5. The highest BCUT2D eigenvalue weighted by Crippen LogP contribution is 2.37. The molecule has 5 aromatic rings. The second-order valence-corrected chi connectivity index (χ2v) is 10.9. The summed E-state index contributed by atoms with van der Waals surface area (Å²) in [5, 5.41) is 15.3. The number of halogens is 4. The van der Waals surface area contributed by atoms with E-state index in [2.05, 4.69) is 20.6 Å². The largest absolute Gasteiger partial charge is 0.490 e. The van der Waals surface area contributed by atoms with Gasteiger partial charge in [0.1, 0.15) is 23.5 Å². The molecular weight excluding hydrogens is 597 g/mol. The third-order valence-electron chi connectivity index (χ3n) is 7.20. The summed E-state index contributed by atoms with van der Waals surface area (Å²) in [5.41, 5.74) is 3.66. The van der Waals surface area contributed by atoms with E-state index in [1.807, 2.05) is 36.4 Å². The zero-order valence-electron chi connectivity index (χ0n) is 22.6. The monoisotopic (exact) mass is 620 g/mol. The van der Waals surface area contributed by atoms with E-state index in [1.165, 1.54) is 0 Å². The van der Waals surface area contributed by atoms with Crippen molar-refractivity contribution in [3.8, 4) is 28.1 Å². The van der Waals surface area contributed by atoms with E-state index in [0.717, 1.165) is 29.3 Å². The normalized spacial score (nSPS) is 13.7. The van der Waals surface area contributed by atoms with Crippen molar-refractivity contribution in [2.24, 2.45) is 0 Å². The van der Waals surface area contributed by atoms with Gasteiger partial charge in [-0.1, -0.05) is 58.7 Å². The van der Waals surface area contributed by atoms with Gasteiger partial charge in [0.25, 0.3) is 5.91 Å². The van der Waals surface area contributed by atoms with E-state index in [0.29, 0.717) is 64.3 Å². The first kappa shape index (κ1) is 28.7. The SMILES string of the molecule is O=C(c1cc(-c2ccccc2Cl)c(-c2ccc(Cl)cc2)nc1Cc1nn[nH]n1)N1CCC(Oc2cc(F)cc(F)c2)CC1. The summed E-state index contributed by atoms with van der Waals surface area (Å²) in [6, 6.07) is 19.5. The fourth-order valence-electron chi connectivity index (χ4n) is 5.13. The van der Waals surface area contributed by atoms with E-state index < -0.39 is 11.6 Å². The quantitative estimate of drug-likeness (QED) is 0.215. The number of pyridine rings is 1. The van der Waals surface area contributed by atoms with Crippen molar-refractivity contribution < 1.29 is 18.3 Å². The van der Waals surface area contributed by atoms with E-state index in [9.17, 15) is 13.6 Å². The van der Waals surface area contributed by atoms with Gasteiger partial charge < -0.3 is 9.64 Å². The number of rotatable bonds is 7. The number of amides is 1. The third kappa shape index (κ3) is 6.50. The summed E-state index contributed by atoms with van der Waals surface area (Å²) < 4.78 is 33.1. The zero-order chi connectivity index (χ0) is 29.9. The van der Waals surface area contributed by atoms with Crippen LogP contribution in [-0.2, 0) is 6.42 Å². The van der Waals surface area contributed by atoms with E-state index >= 15 is 0 Å². The Morgan fingerprint density at radius 3 is 2.35 bits per heavy atom. The predicted molar refractivity (Wildman–Crippen MR) is 158 cm³/mol. The Balaban J connectivity index is 1.35. The number of benzene rings is 3. The van der Waals surface area contributed by atoms with Gasteiger partial charge in [0.15, 0.2) is 5.82 Å². The predicted octanol–water partition coefficient (Wildman–Crippen LogP) is 6.79. The first-order valence-electron chi connectivity index (χ1n) is 13.5. The van der Waals surface area contributed by atoms with Gasteiger partial charge in [0.05, 0.1) is 23.4 Å². The number of nitrogens with one attached hydrogen (secondary N) is 1. The molecule has 218 valence electrons. The number of piperidine rings is 1. The van der Waals surface area contributed by atoms with Crippen LogP contribution in [-0.4, -0.2) is 55.6 Å². The van der Waals surface area contributed by atoms with Crippen LogP contribution in [0.3, 0.4) is 0 Å². The Labute approximate surface area is 255 Å². The minimum absolute atomic E-state index is 0.121. The number of nitrogens with zero attached hydrogens (tertiary/aromatic N) is 5. The van der Waals surface area contributed by atoms with Crippen molar-refractivity contribution in [2.45, 2.75) is 25.4 Å². The van der Waals surface area contributed by atoms with Gasteiger partial charge in [-0.25, -0.2) is 8.78 Å². The van der Waals surface area contributed by atoms with Gasteiger partial charge >= 0.3 is 0 Å². The van der Waals surface area contributed by atoms with Crippen LogP contribution in [0.2, 0.25) is 10.0 Å². The first-order chi connectivity index (χ1) is 20.8. The van der Waals surface area contributed by atoms with Gasteiger partial charge in [0.2, 0.25) is 0 Å². The van der Waals surface area contributed by atoms with Crippen LogP contribution < -0.4 is 4.74 Å². The van der Waals surface area contributed by atoms with Crippen molar-refractivity contribution in [1.82, 2.24) is 30.5 Å². The highest BCUT2D eigenvalue weighted by Gasteiger charge is 2.29. The van der Waals surface area contributed by atoms with Crippen LogP contribution in [0.1, 0.15) is 34.7 Å². The van der Waals surface area contributed by atoms with Crippen LogP contribution in [0.4, 0.5) is 8.78 Å². The maximum absolute atomic E-state index is 14.1. The lowest BCUT2D eigenvalue weighted by Crippen LogP contribution is -2.42. The third-order valence-corrected chi connectivity index (χ3v) is 7.78. The van der Waals surface area contributed by atoms with Crippen LogP contribution in [0, 0.1) is 11.6 Å². The first-order valence-corrected chi connectivity index (χ1v) is 14.3. The van der Waals surface area contributed by atoms with Crippen molar-refractivity contribution in [1.29, 1.82) is 0 Å². The Bertz CT molecular complexity index is 1740. The van der Waals surface area contributed by atoms with E-state index in [-0.39, 0.29) is 24.2 Å². The molecule has 0 aliphatic carbocycles. The number of ether oxygens (including phenoxy) is 1. The lowest BCUT2D eigenvalue weighted by atomic mass is 9.94. The molecule has 1 amide bonds. The number of hydrogen-bond acceptors (Lipinski definition) is 6. The van der Waals surface area contributed by atoms with Crippen LogP contribution >= 0.6 is 23.2 Å². The number of carbonyl (C=O) groups excluding carboxylic acids is 1. The lowest BCUT2D eigenvalue weighted by Gasteiger charge is -2.32. The molecular formula is C31H24Cl2F2N6O2. The number of carbonyl (C=O) groups is 1. The lowest BCUT2D eigenvalue weighted by molar-refractivity contribution is 0.0593. The van der Waals surface area contributed by atoms with Crippen molar-refractivity contribution in [2.75, 3.05) is 13.1 Å².